The highest BCUT2D eigenvalue weighted by Crippen LogP contribution is 2.40. The number of nitrogens with zero attached hydrogens (tertiary/aromatic N) is 1. The number of likely N-dealkylation sites (tertiary alicyclic amines) is 1. The first-order valence-corrected chi connectivity index (χ1v) is 12.2. The average Bonchev–Trinajstić information content (AvgIpc) is 2.84. The first-order chi connectivity index (χ1) is 15.7. The highest BCUT2D eigenvalue weighted by Gasteiger charge is 2.41. The van der Waals surface area contributed by atoms with Crippen LogP contribution in [0.15, 0.2) is 48.5 Å². The molecule has 0 atom stereocenters. The minimum absolute atomic E-state index is 0.000918. The summed E-state index contributed by atoms with van der Waals surface area (Å²) in [6.45, 7) is 4.23. The lowest BCUT2D eigenvalue weighted by Gasteiger charge is -2.36. The van der Waals surface area contributed by atoms with Crippen LogP contribution >= 0.6 is 0 Å². The van der Waals surface area contributed by atoms with Gasteiger partial charge in [0.05, 0.1) is 12.0 Å². The maximum Gasteiger partial charge on any atom is 0.235 e. The normalized spacial score (nSPS) is 18.8. The highest BCUT2D eigenvalue weighted by molar-refractivity contribution is 5.99. The molecular formula is C27H35FN2O2. The molecular weight excluding hydrogens is 403 g/mol. The van der Waals surface area contributed by atoms with E-state index in [-0.39, 0.29) is 11.7 Å². The van der Waals surface area contributed by atoms with Gasteiger partial charge in [-0.1, -0.05) is 37.8 Å². The maximum atomic E-state index is 13.5. The smallest absolute Gasteiger partial charge is 0.235 e. The van der Waals surface area contributed by atoms with Gasteiger partial charge in [-0.05, 0) is 87.2 Å². The van der Waals surface area contributed by atoms with Gasteiger partial charge in [-0.2, -0.15) is 0 Å². The fourth-order valence-corrected chi connectivity index (χ4v) is 5.12. The summed E-state index contributed by atoms with van der Waals surface area (Å²) in [5, 5.41) is 3.11. The van der Waals surface area contributed by atoms with Gasteiger partial charge in [0.1, 0.15) is 11.6 Å². The summed E-state index contributed by atoms with van der Waals surface area (Å²) < 4.78 is 19.4. The Hall–Kier alpha value is -2.40. The molecule has 32 heavy (non-hydrogen) atoms. The molecule has 5 heteroatoms. The predicted molar refractivity (Wildman–Crippen MR) is 127 cm³/mol. The molecule has 4 rings (SSSR count). The molecule has 1 aliphatic carbocycles. The van der Waals surface area contributed by atoms with E-state index in [1.165, 1.54) is 44.5 Å². The molecule has 1 heterocycles. The van der Waals surface area contributed by atoms with E-state index in [0.717, 1.165) is 62.1 Å². The van der Waals surface area contributed by atoms with E-state index in [9.17, 15) is 9.18 Å². The standard InChI is InChI=1S/C27H35FN2O2/c28-23-10-8-22(9-11-23)27(16-3-1-4-17-27)26(31)29-24-12-14-25(15-13-24)32-21-7-20-30-18-5-2-6-19-30/h8-15H,1-7,16-21H2,(H,29,31). The zero-order valence-electron chi connectivity index (χ0n) is 19.0. The molecule has 2 aromatic carbocycles. The number of amides is 1. The number of carbonyl (C=O) groups excluding carboxylic acids is 1. The van der Waals surface area contributed by atoms with E-state index < -0.39 is 5.41 Å². The Morgan fingerprint density at radius 3 is 2.25 bits per heavy atom. The fraction of sp³-hybridized carbons (Fsp3) is 0.519. The van der Waals surface area contributed by atoms with Crippen LogP contribution in [-0.2, 0) is 10.2 Å². The molecule has 4 nitrogen and oxygen atoms in total. The third-order valence-corrected chi connectivity index (χ3v) is 6.99. The van der Waals surface area contributed by atoms with Gasteiger partial charge in [0.25, 0.3) is 0 Å². The summed E-state index contributed by atoms with van der Waals surface area (Å²) in [4.78, 5) is 15.9. The molecule has 172 valence electrons. The highest BCUT2D eigenvalue weighted by atomic mass is 19.1. The molecule has 1 amide bonds. The minimum Gasteiger partial charge on any atom is -0.494 e. The number of carbonyl (C=O) groups is 1. The third kappa shape index (κ3) is 5.69. The molecule has 0 spiro atoms. The van der Waals surface area contributed by atoms with E-state index in [2.05, 4.69) is 10.2 Å². The lowest BCUT2D eigenvalue weighted by molar-refractivity contribution is -0.122. The van der Waals surface area contributed by atoms with E-state index >= 15 is 0 Å². The first kappa shape index (κ1) is 22.8. The molecule has 2 aromatic rings. The SMILES string of the molecule is O=C(Nc1ccc(OCCCN2CCCCC2)cc1)C1(c2ccc(F)cc2)CCCCC1. The van der Waals surface area contributed by atoms with Crippen LogP contribution in [0.2, 0.25) is 0 Å². The van der Waals surface area contributed by atoms with Crippen molar-refractivity contribution in [2.45, 2.75) is 63.2 Å². The summed E-state index contributed by atoms with van der Waals surface area (Å²) in [5.41, 5.74) is 1.09. The van der Waals surface area contributed by atoms with E-state index in [0.29, 0.717) is 6.61 Å². The number of nitrogens with one attached hydrogen (secondary N) is 1. The van der Waals surface area contributed by atoms with Crippen molar-refractivity contribution in [3.8, 4) is 5.75 Å². The molecule has 0 radical (unpaired) electrons. The molecule has 2 fully saturated rings. The summed E-state index contributed by atoms with van der Waals surface area (Å²) in [6.07, 6.45) is 9.77. The predicted octanol–water partition coefficient (Wildman–Crippen LogP) is 5.92. The van der Waals surface area contributed by atoms with Crippen LogP contribution in [0.3, 0.4) is 0 Å². The van der Waals surface area contributed by atoms with Crippen LogP contribution < -0.4 is 10.1 Å². The monoisotopic (exact) mass is 438 g/mol. The minimum atomic E-state index is -0.588. The third-order valence-electron chi connectivity index (χ3n) is 6.99. The lowest BCUT2D eigenvalue weighted by Crippen LogP contribution is -2.42. The van der Waals surface area contributed by atoms with E-state index in [4.69, 9.17) is 4.74 Å². The summed E-state index contributed by atoms with van der Waals surface area (Å²) in [5.74, 6) is 0.554. The quantitative estimate of drug-likeness (QED) is 0.520. The van der Waals surface area contributed by atoms with Crippen LogP contribution in [0.4, 0.5) is 10.1 Å². The lowest BCUT2D eigenvalue weighted by atomic mass is 9.68. The Morgan fingerprint density at radius 1 is 0.906 bits per heavy atom. The van der Waals surface area contributed by atoms with Gasteiger partial charge in [-0.15, -0.1) is 0 Å². The maximum absolute atomic E-state index is 13.5. The van der Waals surface area contributed by atoms with Crippen molar-refractivity contribution in [2.24, 2.45) is 0 Å². The van der Waals surface area contributed by atoms with Crippen molar-refractivity contribution in [1.82, 2.24) is 4.90 Å². The second-order valence-electron chi connectivity index (χ2n) is 9.23. The molecule has 0 aromatic heterocycles. The molecule has 1 saturated heterocycles. The topological polar surface area (TPSA) is 41.6 Å². The van der Waals surface area contributed by atoms with Crippen LogP contribution in [0.25, 0.3) is 0 Å². The van der Waals surface area contributed by atoms with Gasteiger partial charge in [0.2, 0.25) is 5.91 Å². The van der Waals surface area contributed by atoms with Crippen molar-refractivity contribution >= 4 is 11.6 Å². The number of ether oxygens (including phenoxy) is 1. The average molecular weight is 439 g/mol. The summed E-state index contributed by atoms with van der Waals surface area (Å²) in [6, 6.07) is 14.1. The Morgan fingerprint density at radius 2 is 1.56 bits per heavy atom. The molecule has 1 aliphatic heterocycles. The summed E-state index contributed by atoms with van der Waals surface area (Å²) >= 11 is 0. The number of hydrogen-bond acceptors (Lipinski definition) is 3. The van der Waals surface area contributed by atoms with Gasteiger partial charge in [-0.3, -0.25) is 4.79 Å². The van der Waals surface area contributed by atoms with Gasteiger partial charge in [-0.25, -0.2) is 4.39 Å². The van der Waals surface area contributed by atoms with Crippen LogP contribution in [-0.4, -0.2) is 37.0 Å². The number of benzene rings is 2. The van der Waals surface area contributed by atoms with Crippen molar-refractivity contribution < 1.29 is 13.9 Å². The van der Waals surface area contributed by atoms with Gasteiger partial charge in [0.15, 0.2) is 0 Å². The number of rotatable bonds is 8. The molecule has 1 saturated carbocycles. The Balaban J connectivity index is 1.32. The van der Waals surface area contributed by atoms with Crippen LogP contribution in [0.5, 0.6) is 5.75 Å². The van der Waals surface area contributed by atoms with Gasteiger partial charge >= 0.3 is 0 Å². The van der Waals surface area contributed by atoms with Crippen molar-refractivity contribution in [3.05, 3.63) is 59.9 Å². The summed E-state index contributed by atoms with van der Waals surface area (Å²) in [7, 11) is 0. The Labute approximate surface area is 191 Å². The fourth-order valence-electron chi connectivity index (χ4n) is 5.12. The van der Waals surface area contributed by atoms with Crippen LogP contribution in [0.1, 0.15) is 63.4 Å². The Bertz CT molecular complexity index is 854. The second kappa shape index (κ2) is 11.0. The number of hydrogen-bond donors (Lipinski definition) is 1. The molecule has 0 bridgehead atoms. The van der Waals surface area contributed by atoms with E-state index in [1.807, 2.05) is 24.3 Å². The number of halogens is 1. The number of anilines is 1. The van der Waals surface area contributed by atoms with E-state index in [1.54, 1.807) is 12.1 Å². The first-order valence-electron chi connectivity index (χ1n) is 12.2. The van der Waals surface area contributed by atoms with Crippen LogP contribution in [0, 0.1) is 5.82 Å². The number of piperidine rings is 1. The molecule has 2 aliphatic rings. The van der Waals surface area contributed by atoms with Gasteiger partial charge < -0.3 is 15.0 Å². The molecule has 0 unspecified atom stereocenters. The molecule has 1 N–H and O–H groups in total. The zero-order valence-corrected chi connectivity index (χ0v) is 19.0. The zero-order chi connectivity index (χ0) is 22.2. The second-order valence-corrected chi connectivity index (χ2v) is 9.23. The van der Waals surface area contributed by atoms with Crippen molar-refractivity contribution in [2.75, 3.05) is 31.6 Å². The van der Waals surface area contributed by atoms with Crippen molar-refractivity contribution in [3.63, 3.8) is 0 Å². The largest absolute Gasteiger partial charge is 0.494 e. The van der Waals surface area contributed by atoms with Crippen molar-refractivity contribution in [1.29, 1.82) is 0 Å². The Kier molecular flexibility index (Phi) is 7.80. The van der Waals surface area contributed by atoms with Gasteiger partial charge in [0, 0.05) is 12.2 Å².